The summed E-state index contributed by atoms with van der Waals surface area (Å²) >= 11 is 0. The molecule has 3 rings (SSSR count). The number of para-hydroxylation sites is 1. The third-order valence-corrected chi connectivity index (χ3v) is 5.02. The zero-order chi connectivity index (χ0) is 17.9. The molecule has 0 spiro atoms. The van der Waals surface area contributed by atoms with Crippen LogP contribution in [0, 0.1) is 5.92 Å². The fraction of sp³-hybridized carbons (Fsp3) is 0.667. The predicted octanol–water partition coefficient (Wildman–Crippen LogP) is 3.01. The maximum atomic E-state index is 13.5. The SMILES string of the molecule is COCCCC[C@@](O)(c1cccc2c1OC(F)(F)O2)[C@@H]1CCCNC1. The van der Waals surface area contributed by atoms with Gasteiger partial charge in [-0.05, 0) is 44.7 Å². The van der Waals surface area contributed by atoms with Crippen LogP contribution in [0.5, 0.6) is 11.5 Å². The first kappa shape index (κ1) is 18.4. The zero-order valence-corrected chi connectivity index (χ0v) is 14.4. The number of unbranched alkanes of at least 4 members (excludes halogenated alkanes) is 1. The summed E-state index contributed by atoms with van der Waals surface area (Å²) in [6, 6.07) is 4.72. The van der Waals surface area contributed by atoms with Crippen molar-refractivity contribution in [3.05, 3.63) is 23.8 Å². The van der Waals surface area contributed by atoms with Crippen molar-refractivity contribution >= 4 is 0 Å². The number of rotatable bonds is 7. The Morgan fingerprint density at radius 3 is 2.92 bits per heavy atom. The topological polar surface area (TPSA) is 60.0 Å². The maximum Gasteiger partial charge on any atom is 0.586 e. The number of nitrogens with one attached hydrogen (secondary N) is 1. The van der Waals surface area contributed by atoms with E-state index < -0.39 is 11.9 Å². The van der Waals surface area contributed by atoms with Crippen molar-refractivity contribution in [3.8, 4) is 11.5 Å². The number of aliphatic hydroxyl groups is 1. The van der Waals surface area contributed by atoms with Crippen LogP contribution in [-0.2, 0) is 10.3 Å². The van der Waals surface area contributed by atoms with Gasteiger partial charge >= 0.3 is 6.29 Å². The van der Waals surface area contributed by atoms with Gasteiger partial charge in [-0.1, -0.05) is 12.1 Å². The van der Waals surface area contributed by atoms with Gasteiger partial charge in [-0.25, -0.2) is 0 Å². The van der Waals surface area contributed by atoms with Crippen LogP contribution in [0.15, 0.2) is 18.2 Å². The Balaban J connectivity index is 1.91. The molecular formula is C18H25F2NO4. The molecule has 25 heavy (non-hydrogen) atoms. The second-order valence-electron chi connectivity index (χ2n) is 6.72. The van der Waals surface area contributed by atoms with Crippen LogP contribution in [0.2, 0.25) is 0 Å². The Morgan fingerprint density at radius 2 is 2.20 bits per heavy atom. The summed E-state index contributed by atoms with van der Waals surface area (Å²) < 4.78 is 41.4. The van der Waals surface area contributed by atoms with Crippen LogP contribution in [0.25, 0.3) is 0 Å². The van der Waals surface area contributed by atoms with Crippen LogP contribution < -0.4 is 14.8 Å². The van der Waals surface area contributed by atoms with E-state index in [1.807, 2.05) is 0 Å². The molecule has 2 heterocycles. The molecule has 0 aromatic heterocycles. The van der Waals surface area contributed by atoms with Crippen LogP contribution >= 0.6 is 0 Å². The number of fused-ring (bicyclic) bond motifs is 1. The quantitative estimate of drug-likeness (QED) is 0.735. The van der Waals surface area contributed by atoms with Crippen LogP contribution in [0.4, 0.5) is 8.78 Å². The molecule has 0 aliphatic carbocycles. The highest BCUT2D eigenvalue weighted by atomic mass is 19.3. The minimum atomic E-state index is -3.69. The molecule has 0 amide bonds. The van der Waals surface area contributed by atoms with E-state index in [2.05, 4.69) is 10.1 Å². The molecule has 7 heteroatoms. The molecular weight excluding hydrogens is 332 g/mol. The van der Waals surface area contributed by atoms with E-state index in [1.54, 1.807) is 19.2 Å². The van der Waals surface area contributed by atoms with Gasteiger partial charge < -0.3 is 24.6 Å². The number of ether oxygens (including phenoxy) is 3. The second-order valence-corrected chi connectivity index (χ2v) is 6.72. The normalized spacial score (nSPS) is 24.1. The highest BCUT2D eigenvalue weighted by Crippen LogP contribution is 2.50. The van der Waals surface area contributed by atoms with E-state index in [0.29, 0.717) is 25.1 Å². The summed E-state index contributed by atoms with van der Waals surface area (Å²) in [5.74, 6) is -0.151. The van der Waals surface area contributed by atoms with Crippen LogP contribution in [0.3, 0.4) is 0 Å². The lowest BCUT2D eigenvalue weighted by Gasteiger charge is -2.39. The first-order valence-electron chi connectivity index (χ1n) is 8.77. The first-order valence-corrected chi connectivity index (χ1v) is 8.77. The number of halogens is 2. The molecule has 0 saturated carbocycles. The van der Waals surface area contributed by atoms with Crippen LogP contribution in [-0.4, -0.2) is 38.2 Å². The van der Waals surface area contributed by atoms with E-state index in [9.17, 15) is 13.9 Å². The molecule has 1 aromatic rings. The molecule has 2 N–H and O–H groups in total. The predicted molar refractivity (Wildman–Crippen MR) is 87.9 cm³/mol. The Hall–Kier alpha value is -1.44. The molecule has 1 fully saturated rings. The molecule has 0 unspecified atom stereocenters. The summed E-state index contributed by atoms with van der Waals surface area (Å²) in [5.41, 5.74) is -0.871. The number of benzene rings is 1. The van der Waals surface area contributed by atoms with Gasteiger partial charge in [0.1, 0.15) is 0 Å². The van der Waals surface area contributed by atoms with Crippen molar-refractivity contribution in [1.82, 2.24) is 5.32 Å². The van der Waals surface area contributed by atoms with E-state index in [0.717, 1.165) is 32.2 Å². The monoisotopic (exact) mass is 357 g/mol. The van der Waals surface area contributed by atoms with E-state index in [-0.39, 0.29) is 17.4 Å². The summed E-state index contributed by atoms with van der Waals surface area (Å²) in [4.78, 5) is 0. The summed E-state index contributed by atoms with van der Waals surface area (Å²) in [6.45, 7) is 2.14. The average molecular weight is 357 g/mol. The number of hydrogen-bond acceptors (Lipinski definition) is 5. The van der Waals surface area contributed by atoms with Gasteiger partial charge in [0.25, 0.3) is 0 Å². The molecule has 1 saturated heterocycles. The Bertz CT molecular complexity index is 592. The molecule has 5 nitrogen and oxygen atoms in total. The number of methoxy groups -OCH3 is 1. The number of alkyl halides is 2. The van der Waals surface area contributed by atoms with Gasteiger partial charge in [-0.2, -0.15) is 0 Å². The highest BCUT2D eigenvalue weighted by Gasteiger charge is 2.49. The fourth-order valence-corrected chi connectivity index (χ4v) is 3.77. The van der Waals surface area contributed by atoms with Crippen molar-refractivity contribution in [2.75, 3.05) is 26.8 Å². The first-order chi connectivity index (χ1) is 12.0. The summed E-state index contributed by atoms with van der Waals surface area (Å²) in [7, 11) is 1.63. The Kier molecular flexibility index (Phi) is 5.46. The molecule has 0 radical (unpaired) electrons. The molecule has 0 bridgehead atoms. The molecule has 2 aliphatic heterocycles. The van der Waals surface area contributed by atoms with Crippen LogP contribution in [0.1, 0.15) is 37.7 Å². The van der Waals surface area contributed by atoms with Gasteiger partial charge in [0, 0.05) is 31.7 Å². The smallest absolute Gasteiger partial charge is 0.395 e. The zero-order valence-electron chi connectivity index (χ0n) is 14.4. The highest BCUT2D eigenvalue weighted by molar-refractivity contribution is 5.51. The number of hydrogen-bond donors (Lipinski definition) is 2. The maximum absolute atomic E-state index is 13.5. The van der Waals surface area contributed by atoms with E-state index in [1.165, 1.54) is 6.07 Å². The van der Waals surface area contributed by atoms with Crippen molar-refractivity contribution in [1.29, 1.82) is 0 Å². The van der Waals surface area contributed by atoms with Gasteiger partial charge in [-0.3, -0.25) is 0 Å². The van der Waals surface area contributed by atoms with Gasteiger partial charge in [0.2, 0.25) is 0 Å². The second kappa shape index (κ2) is 7.43. The lowest BCUT2D eigenvalue weighted by molar-refractivity contribution is -0.287. The van der Waals surface area contributed by atoms with E-state index >= 15 is 0 Å². The van der Waals surface area contributed by atoms with Gasteiger partial charge in [-0.15, -0.1) is 8.78 Å². The van der Waals surface area contributed by atoms with Crippen molar-refractivity contribution in [2.24, 2.45) is 5.92 Å². The minimum Gasteiger partial charge on any atom is -0.395 e. The van der Waals surface area contributed by atoms with Crippen molar-refractivity contribution in [2.45, 2.75) is 44.0 Å². The van der Waals surface area contributed by atoms with Gasteiger partial charge in [0.05, 0.1) is 5.60 Å². The standard InChI is InChI=1S/C18H25F2NO4/c1-23-11-3-2-9-17(22,13-6-5-10-21-12-13)14-7-4-8-15-16(14)25-18(19,20)24-15/h4,7-8,13,21-22H,2-3,5-6,9-12H2,1H3/t13-,17+/m1/s1. The van der Waals surface area contributed by atoms with Gasteiger partial charge in [0.15, 0.2) is 11.5 Å². The molecule has 1 aromatic carbocycles. The minimum absolute atomic E-state index is 0.0263. The number of piperidine rings is 1. The third kappa shape index (κ3) is 3.88. The molecule has 2 atom stereocenters. The van der Waals surface area contributed by atoms with E-state index in [4.69, 9.17) is 9.47 Å². The lowest BCUT2D eigenvalue weighted by atomic mass is 9.74. The summed E-state index contributed by atoms with van der Waals surface area (Å²) in [6.07, 6.45) is 0.0415. The van der Waals surface area contributed by atoms with Crippen molar-refractivity contribution < 1.29 is 28.1 Å². The Morgan fingerprint density at radius 1 is 1.36 bits per heavy atom. The average Bonchev–Trinajstić information content (AvgIpc) is 2.93. The molecule has 2 aliphatic rings. The third-order valence-electron chi connectivity index (χ3n) is 5.02. The summed E-state index contributed by atoms with van der Waals surface area (Å²) in [5, 5.41) is 14.9. The largest absolute Gasteiger partial charge is 0.586 e. The lowest BCUT2D eigenvalue weighted by Crippen LogP contribution is -2.44. The molecule has 140 valence electrons. The van der Waals surface area contributed by atoms with Crippen molar-refractivity contribution in [3.63, 3.8) is 0 Å². The Labute approximate surface area is 146 Å². The fourth-order valence-electron chi connectivity index (χ4n) is 3.77.